The van der Waals surface area contributed by atoms with Crippen molar-refractivity contribution in [3.05, 3.63) is 59.2 Å². The molecule has 156 valence electrons. The zero-order chi connectivity index (χ0) is 21.6. The van der Waals surface area contributed by atoms with Gasteiger partial charge in [-0.3, -0.25) is 4.79 Å². The van der Waals surface area contributed by atoms with Crippen LogP contribution >= 0.6 is 0 Å². The van der Waals surface area contributed by atoms with Gasteiger partial charge in [-0.15, -0.1) is 0 Å². The molecular weight excluding hydrogens is 388 g/mol. The third-order valence-corrected chi connectivity index (χ3v) is 6.81. The van der Waals surface area contributed by atoms with Crippen molar-refractivity contribution < 1.29 is 17.9 Å². The van der Waals surface area contributed by atoms with Gasteiger partial charge in [0.25, 0.3) is 0 Å². The normalized spacial score (nSPS) is 11.8. The van der Waals surface area contributed by atoms with Gasteiger partial charge in [-0.05, 0) is 60.9 Å². The van der Waals surface area contributed by atoms with Gasteiger partial charge in [0.05, 0.1) is 12.0 Å². The van der Waals surface area contributed by atoms with Crippen LogP contribution in [0.3, 0.4) is 0 Å². The van der Waals surface area contributed by atoms with Gasteiger partial charge < -0.3 is 10.1 Å². The summed E-state index contributed by atoms with van der Waals surface area (Å²) in [6.45, 7) is 8.06. The summed E-state index contributed by atoms with van der Waals surface area (Å²) in [5.74, 6) is 0.407. The molecule has 0 bridgehead atoms. The molecule has 29 heavy (non-hydrogen) atoms. The lowest BCUT2D eigenvalue weighted by Gasteiger charge is -2.20. The second kappa shape index (κ2) is 9.71. The lowest BCUT2D eigenvalue weighted by molar-refractivity contribution is -0.111. The topological polar surface area (TPSA) is 75.7 Å². The molecule has 0 atom stereocenters. The first kappa shape index (κ1) is 22.6. The molecule has 0 saturated carbocycles. The summed E-state index contributed by atoms with van der Waals surface area (Å²) in [6.07, 6.45) is 3.11. The predicted octanol–water partition coefficient (Wildman–Crippen LogP) is 3.99. The maximum Gasteiger partial charge on any atom is 0.248 e. The monoisotopic (exact) mass is 416 g/mol. The molecule has 0 saturated heterocycles. The minimum Gasteiger partial charge on any atom is -0.497 e. The van der Waals surface area contributed by atoms with Crippen LogP contribution in [0.4, 0.5) is 5.69 Å². The van der Waals surface area contributed by atoms with Crippen molar-refractivity contribution in [2.45, 2.75) is 32.6 Å². The summed E-state index contributed by atoms with van der Waals surface area (Å²) < 4.78 is 32.2. The van der Waals surface area contributed by atoms with E-state index < -0.39 is 10.0 Å². The average Bonchev–Trinajstić information content (AvgIpc) is 2.70. The van der Waals surface area contributed by atoms with Crippen LogP contribution in [-0.4, -0.2) is 38.8 Å². The molecule has 0 aliphatic rings. The van der Waals surface area contributed by atoms with E-state index in [2.05, 4.69) is 5.32 Å². The molecule has 2 rings (SSSR count). The number of nitrogens with one attached hydrogen (secondary N) is 1. The number of aryl methyl sites for hydroxylation is 1. The van der Waals surface area contributed by atoms with Crippen molar-refractivity contribution in [1.82, 2.24) is 4.31 Å². The van der Waals surface area contributed by atoms with Crippen LogP contribution in [0.5, 0.6) is 5.75 Å². The Morgan fingerprint density at radius 1 is 1.10 bits per heavy atom. The van der Waals surface area contributed by atoms with Crippen molar-refractivity contribution in [3.63, 3.8) is 0 Å². The van der Waals surface area contributed by atoms with E-state index in [1.54, 1.807) is 33.1 Å². The Labute approximate surface area is 173 Å². The lowest BCUT2D eigenvalue weighted by Crippen LogP contribution is -2.30. The number of methoxy groups -OCH3 is 1. The van der Waals surface area contributed by atoms with E-state index in [1.807, 2.05) is 38.1 Å². The largest absolute Gasteiger partial charge is 0.497 e. The van der Waals surface area contributed by atoms with E-state index >= 15 is 0 Å². The summed E-state index contributed by atoms with van der Waals surface area (Å²) in [5.41, 5.74) is 2.97. The number of hydrogen-bond acceptors (Lipinski definition) is 4. The summed E-state index contributed by atoms with van der Waals surface area (Å²) >= 11 is 0. The van der Waals surface area contributed by atoms with E-state index in [4.69, 9.17) is 4.74 Å². The van der Waals surface area contributed by atoms with Gasteiger partial charge >= 0.3 is 0 Å². The SMILES string of the molecule is CCN(CC)S(=O)(=O)c1cc(C)c(C)c(NC(=O)/C=C/c2ccc(OC)cc2)c1. The first-order chi connectivity index (χ1) is 13.7. The molecule has 0 aromatic heterocycles. The quantitative estimate of drug-likeness (QED) is 0.660. The van der Waals surface area contributed by atoms with E-state index in [1.165, 1.54) is 16.4 Å². The Kier molecular flexibility index (Phi) is 7.59. The molecule has 6 nitrogen and oxygen atoms in total. The maximum atomic E-state index is 12.8. The molecule has 1 amide bonds. The molecule has 7 heteroatoms. The third kappa shape index (κ3) is 5.46. The summed E-state index contributed by atoms with van der Waals surface area (Å²) in [5, 5.41) is 2.80. The van der Waals surface area contributed by atoms with Gasteiger partial charge in [0.2, 0.25) is 15.9 Å². The summed E-state index contributed by atoms with van der Waals surface area (Å²) in [6, 6.07) is 10.5. The van der Waals surface area contributed by atoms with Crippen molar-refractivity contribution in [1.29, 1.82) is 0 Å². The maximum absolute atomic E-state index is 12.8. The number of anilines is 1. The number of sulfonamides is 1. The molecule has 0 aliphatic heterocycles. The Morgan fingerprint density at radius 3 is 2.28 bits per heavy atom. The lowest BCUT2D eigenvalue weighted by atomic mass is 10.1. The van der Waals surface area contributed by atoms with E-state index in [-0.39, 0.29) is 10.8 Å². The minimum atomic E-state index is -3.61. The standard InChI is InChI=1S/C22H28N2O4S/c1-6-24(7-2)29(26,27)20-14-16(3)17(4)21(15-20)23-22(25)13-10-18-8-11-19(28-5)12-9-18/h8-15H,6-7H2,1-5H3,(H,23,25)/b13-10+. The Bertz CT molecular complexity index is 992. The van der Waals surface area contributed by atoms with Crippen molar-refractivity contribution in [3.8, 4) is 5.75 Å². The highest BCUT2D eigenvalue weighted by atomic mass is 32.2. The van der Waals surface area contributed by atoms with Crippen molar-refractivity contribution in [2.75, 3.05) is 25.5 Å². The summed E-state index contributed by atoms with van der Waals surface area (Å²) in [7, 11) is -2.01. The highest BCUT2D eigenvalue weighted by Crippen LogP contribution is 2.26. The fraction of sp³-hybridized carbons (Fsp3) is 0.318. The molecule has 0 unspecified atom stereocenters. The Morgan fingerprint density at radius 2 is 1.72 bits per heavy atom. The fourth-order valence-corrected chi connectivity index (χ4v) is 4.45. The van der Waals surface area contributed by atoms with Gasteiger partial charge in [-0.1, -0.05) is 26.0 Å². The fourth-order valence-electron chi connectivity index (χ4n) is 2.88. The molecule has 2 aromatic rings. The van der Waals surface area contributed by atoms with Crippen LogP contribution in [0.1, 0.15) is 30.5 Å². The molecule has 1 N–H and O–H groups in total. The van der Waals surface area contributed by atoms with E-state index in [0.717, 1.165) is 22.4 Å². The van der Waals surface area contributed by atoms with Crippen LogP contribution in [0.15, 0.2) is 47.4 Å². The number of amides is 1. The smallest absolute Gasteiger partial charge is 0.248 e. The first-order valence-corrected chi connectivity index (χ1v) is 10.9. The number of benzene rings is 2. The van der Waals surface area contributed by atoms with Crippen LogP contribution in [0.2, 0.25) is 0 Å². The Hall–Kier alpha value is -2.64. The van der Waals surface area contributed by atoms with Gasteiger partial charge in [-0.2, -0.15) is 4.31 Å². The number of ether oxygens (including phenoxy) is 1. The summed E-state index contributed by atoms with van der Waals surface area (Å²) in [4.78, 5) is 12.6. The number of hydrogen-bond donors (Lipinski definition) is 1. The van der Waals surface area contributed by atoms with Gasteiger partial charge in [-0.25, -0.2) is 8.42 Å². The van der Waals surface area contributed by atoms with Gasteiger partial charge in [0.1, 0.15) is 5.75 Å². The van der Waals surface area contributed by atoms with E-state index in [0.29, 0.717) is 18.8 Å². The first-order valence-electron chi connectivity index (χ1n) is 9.47. The van der Waals surface area contributed by atoms with Gasteiger partial charge in [0, 0.05) is 24.9 Å². The van der Waals surface area contributed by atoms with Crippen LogP contribution in [-0.2, 0) is 14.8 Å². The number of carbonyl (C=O) groups is 1. The Balaban J connectivity index is 2.26. The molecule has 0 fully saturated rings. The van der Waals surface area contributed by atoms with E-state index in [9.17, 15) is 13.2 Å². The minimum absolute atomic E-state index is 0.179. The number of carbonyl (C=O) groups excluding carboxylic acids is 1. The zero-order valence-electron chi connectivity index (χ0n) is 17.5. The van der Waals surface area contributed by atoms with Gasteiger partial charge in [0.15, 0.2) is 0 Å². The van der Waals surface area contributed by atoms with Crippen LogP contribution in [0, 0.1) is 13.8 Å². The molecular formula is C22H28N2O4S. The highest BCUT2D eigenvalue weighted by molar-refractivity contribution is 7.89. The average molecular weight is 417 g/mol. The van der Waals surface area contributed by atoms with Crippen molar-refractivity contribution in [2.24, 2.45) is 0 Å². The van der Waals surface area contributed by atoms with Crippen LogP contribution in [0.25, 0.3) is 6.08 Å². The van der Waals surface area contributed by atoms with Crippen LogP contribution < -0.4 is 10.1 Å². The molecule has 0 radical (unpaired) electrons. The predicted molar refractivity (Wildman–Crippen MR) is 117 cm³/mol. The molecule has 2 aromatic carbocycles. The third-order valence-electron chi connectivity index (χ3n) is 4.78. The number of nitrogens with zero attached hydrogens (tertiary/aromatic N) is 1. The van der Waals surface area contributed by atoms with Crippen molar-refractivity contribution >= 4 is 27.7 Å². The second-order valence-electron chi connectivity index (χ2n) is 6.60. The second-order valence-corrected chi connectivity index (χ2v) is 8.54. The molecule has 0 spiro atoms. The number of rotatable bonds is 8. The zero-order valence-corrected chi connectivity index (χ0v) is 18.3. The molecule has 0 heterocycles. The highest BCUT2D eigenvalue weighted by Gasteiger charge is 2.23. The molecule has 0 aliphatic carbocycles.